The molecular weight excluding hydrogens is 216 g/mol. The number of rotatable bonds is 4. The third-order valence-corrected chi connectivity index (χ3v) is 3.22. The molecule has 0 amide bonds. The van der Waals surface area contributed by atoms with E-state index >= 15 is 0 Å². The van der Waals surface area contributed by atoms with Crippen molar-refractivity contribution in [3.8, 4) is 0 Å². The summed E-state index contributed by atoms with van der Waals surface area (Å²) < 4.78 is 5.27. The van der Waals surface area contributed by atoms with Crippen molar-refractivity contribution in [1.82, 2.24) is 15.5 Å². The summed E-state index contributed by atoms with van der Waals surface area (Å²) in [6.07, 6.45) is 3.83. The van der Waals surface area contributed by atoms with Gasteiger partial charge in [0.2, 0.25) is 0 Å². The lowest BCUT2D eigenvalue weighted by Crippen LogP contribution is -2.46. The Labute approximate surface area is 103 Å². The molecule has 17 heavy (non-hydrogen) atoms. The smallest absolute Gasteiger partial charge is 0.320 e. The highest BCUT2D eigenvalue weighted by Gasteiger charge is 2.22. The zero-order valence-electron chi connectivity index (χ0n) is 10.9. The van der Waals surface area contributed by atoms with Crippen molar-refractivity contribution in [3.05, 3.63) is 5.82 Å². The van der Waals surface area contributed by atoms with Gasteiger partial charge in [-0.3, -0.25) is 0 Å². The number of nitrogens with one attached hydrogen (secondary N) is 1. The average molecular weight is 238 g/mol. The lowest BCUT2D eigenvalue weighted by atomic mass is 10.0. The third-order valence-electron chi connectivity index (χ3n) is 3.22. The summed E-state index contributed by atoms with van der Waals surface area (Å²) in [6, 6.07) is 1.56. The molecule has 1 fully saturated rings. The highest BCUT2D eigenvalue weighted by Crippen LogP contribution is 2.17. The van der Waals surface area contributed by atoms with Crippen molar-refractivity contribution in [2.75, 3.05) is 18.0 Å². The van der Waals surface area contributed by atoms with E-state index in [2.05, 4.69) is 34.2 Å². The van der Waals surface area contributed by atoms with E-state index in [1.807, 2.05) is 6.92 Å². The minimum Gasteiger partial charge on any atom is -0.320 e. The van der Waals surface area contributed by atoms with Gasteiger partial charge in [-0.25, -0.2) is 0 Å². The zero-order chi connectivity index (χ0) is 12.3. The van der Waals surface area contributed by atoms with Gasteiger partial charge < -0.3 is 14.7 Å². The molecule has 1 aliphatic heterocycles. The predicted octanol–water partition coefficient (Wildman–Crippen LogP) is 1.73. The van der Waals surface area contributed by atoms with Crippen LogP contribution in [0.5, 0.6) is 0 Å². The van der Waals surface area contributed by atoms with Crippen molar-refractivity contribution in [2.24, 2.45) is 0 Å². The monoisotopic (exact) mass is 238 g/mol. The van der Waals surface area contributed by atoms with E-state index in [9.17, 15) is 0 Å². The maximum Gasteiger partial charge on any atom is 0.324 e. The molecule has 1 aliphatic rings. The maximum atomic E-state index is 5.27. The van der Waals surface area contributed by atoms with E-state index in [1.54, 1.807) is 0 Å². The molecule has 1 unspecified atom stereocenters. The van der Waals surface area contributed by atoms with Crippen LogP contribution in [0.3, 0.4) is 0 Å². The fourth-order valence-electron chi connectivity index (χ4n) is 2.23. The number of anilines is 1. The summed E-state index contributed by atoms with van der Waals surface area (Å²) in [7, 11) is 0. The van der Waals surface area contributed by atoms with Crippen molar-refractivity contribution in [3.63, 3.8) is 0 Å². The first-order chi connectivity index (χ1) is 8.16. The van der Waals surface area contributed by atoms with Gasteiger partial charge in [-0.05, 0) is 40.2 Å². The molecule has 2 rings (SSSR count). The summed E-state index contributed by atoms with van der Waals surface area (Å²) in [6.45, 7) is 8.23. The SMILES string of the molecule is Cc1noc(N(CC2CCCCN2)C(C)C)n1. The standard InChI is InChI=1S/C12H22N4O/c1-9(2)16(12-14-10(3)15-17-12)8-11-6-4-5-7-13-11/h9,11,13H,4-8H2,1-3H3. The molecule has 1 N–H and O–H groups in total. The number of hydrogen-bond donors (Lipinski definition) is 1. The van der Waals surface area contributed by atoms with Gasteiger partial charge in [0.1, 0.15) is 0 Å². The molecule has 2 heterocycles. The minimum atomic E-state index is 0.374. The number of nitrogens with zero attached hydrogens (tertiary/aromatic N) is 3. The Kier molecular flexibility index (Phi) is 3.99. The Hall–Kier alpha value is -1.10. The molecule has 1 aromatic heterocycles. The Morgan fingerprint density at radius 3 is 2.82 bits per heavy atom. The van der Waals surface area contributed by atoms with Crippen LogP contribution in [0, 0.1) is 6.92 Å². The van der Waals surface area contributed by atoms with E-state index in [1.165, 1.54) is 19.3 Å². The molecule has 1 saturated heterocycles. The van der Waals surface area contributed by atoms with Crippen LogP contribution >= 0.6 is 0 Å². The minimum absolute atomic E-state index is 0.374. The van der Waals surface area contributed by atoms with Crippen LogP contribution in [0.1, 0.15) is 38.9 Å². The molecule has 5 heteroatoms. The molecule has 0 aliphatic carbocycles. The molecule has 0 saturated carbocycles. The summed E-state index contributed by atoms with van der Waals surface area (Å²) in [4.78, 5) is 6.50. The van der Waals surface area contributed by atoms with Gasteiger partial charge in [-0.15, -0.1) is 0 Å². The summed E-state index contributed by atoms with van der Waals surface area (Å²) >= 11 is 0. The fourth-order valence-corrected chi connectivity index (χ4v) is 2.23. The van der Waals surface area contributed by atoms with Gasteiger partial charge in [0.25, 0.3) is 0 Å². The van der Waals surface area contributed by atoms with Crippen LogP contribution in [0.15, 0.2) is 4.52 Å². The lowest BCUT2D eigenvalue weighted by molar-refractivity contribution is 0.363. The van der Waals surface area contributed by atoms with Crippen LogP contribution in [-0.4, -0.2) is 35.3 Å². The Balaban J connectivity index is 2.01. The zero-order valence-corrected chi connectivity index (χ0v) is 10.9. The van der Waals surface area contributed by atoms with Gasteiger partial charge in [-0.1, -0.05) is 11.6 Å². The maximum absolute atomic E-state index is 5.27. The molecule has 5 nitrogen and oxygen atoms in total. The number of aromatic nitrogens is 2. The lowest BCUT2D eigenvalue weighted by Gasteiger charge is -2.31. The van der Waals surface area contributed by atoms with Crippen LogP contribution in [0.4, 0.5) is 6.01 Å². The molecule has 1 aromatic rings. The van der Waals surface area contributed by atoms with E-state index in [0.29, 0.717) is 23.9 Å². The molecule has 0 bridgehead atoms. The fraction of sp³-hybridized carbons (Fsp3) is 0.833. The third kappa shape index (κ3) is 3.19. The first kappa shape index (κ1) is 12.4. The van der Waals surface area contributed by atoms with Crippen molar-refractivity contribution in [1.29, 1.82) is 0 Å². The molecule has 96 valence electrons. The largest absolute Gasteiger partial charge is 0.324 e. The van der Waals surface area contributed by atoms with E-state index < -0.39 is 0 Å². The van der Waals surface area contributed by atoms with Crippen molar-refractivity contribution >= 4 is 6.01 Å². The van der Waals surface area contributed by atoms with Crippen molar-refractivity contribution < 1.29 is 4.52 Å². The van der Waals surface area contributed by atoms with Gasteiger partial charge in [0.05, 0.1) is 0 Å². The molecular formula is C12H22N4O. The predicted molar refractivity (Wildman–Crippen MR) is 67.2 cm³/mol. The number of hydrogen-bond acceptors (Lipinski definition) is 5. The van der Waals surface area contributed by atoms with Crippen LogP contribution < -0.4 is 10.2 Å². The molecule has 0 radical (unpaired) electrons. The summed E-state index contributed by atoms with van der Waals surface area (Å²) in [5, 5.41) is 7.41. The molecule has 1 atom stereocenters. The number of aryl methyl sites for hydroxylation is 1. The normalized spacial score (nSPS) is 20.8. The highest BCUT2D eigenvalue weighted by molar-refractivity contribution is 5.27. The van der Waals surface area contributed by atoms with E-state index in [4.69, 9.17) is 4.52 Å². The van der Waals surface area contributed by atoms with E-state index in [0.717, 1.165) is 13.1 Å². The van der Waals surface area contributed by atoms with Crippen molar-refractivity contribution in [2.45, 2.75) is 52.1 Å². The van der Waals surface area contributed by atoms with Gasteiger partial charge in [0, 0.05) is 18.6 Å². The van der Waals surface area contributed by atoms with E-state index in [-0.39, 0.29) is 0 Å². The van der Waals surface area contributed by atoms with Crippen LogP contribution in [0.2, 0.25) is 0 Å². The number of piperidine rings is 1. The van der Waals surface area contributed by atoms with Gasteiger partial charge in [-0.2, -0.15) is 4.98 Å². The highest BCUT2D eigenvalue weighted by atomic mass is 16.5. The molecule has 0 aromatic carbocycles. The Morgan fingerprint density at radius 1 is 1.47 bits per heavy atom. The average Bonchev–Trinajstić information content (AvgIpc) is 2.73. The van der Waals surface area contributed by atoms with Gasteiger partial charge >= 0.3 is 6.01 Å². The quantitative estimate of drug-likeness (QED) is 0.866. The second-order valence-corrected chi connectivity index (χ2v) is 5.02. The first-order valence-corrected chi connectivity index (χ1v) is 6.47. The topological polar surface area (TPSA) is 54.2 Å². The second-order valence-electron chi connectivity index (χ2n) is 5.02. The Morgan fingerprint density at radius 2 is 2.29 bits per heavy atom. The van der Waals surface area contributed by atoms with Crippen LogP contribution in [0.25, 0.3) is 0 Å². The summed E-state index contributed by atoms with van der Waals surface area (Å²) in [5.74, 6) is 0.697. The Bertz CT molecular complexity index is 344. The molecule has 0 spiro atoms. The second kappa shape index (κ2) is 5.49. The van der Waals surface area contributed by atoms with Gasteiger partial charge in [0.15, 0.2) is 5.82 Å². The summed E-state index contributed by atoms with van der Waals surface area (Å²) in [5.41, 5.74) is 0. The van der Waals surface area contributed by atoms with Crippen LogP contribution in [-0.2, 0) is 0 Å². The first-order valence-electron chi connectivity index (χ1n) is 6.47.